The second-order valence-corrected chi connectivity index (χ2v) is 8.55. The molecule has 4 aromatic rings. The summed E-state index contributed by atoms with van der Waals surface area (Å²) < 4.78 is 1.64. The molecule has 0 spiro atoms. The van der Waals surface area contributed by atoms with E-state index in [1.807, 2.05) is 30.3 Å². The summed E-state index contributed by atoms with van der Waals surface area (Å²) in [5, 5.41) is 22.6. The number of halogens is 2. The Kier molecular flexibility index (Phi) is 5.94. The van der Waals surface area contributed by atoms with Crippen LogP contribution in [0, 0.1) is 10.1 Å². The zero-order valence-electron chi connectivity index (χ0n) is 17.9. The predicted octanol–water partition coefficient (Wildman–Crippen LogP) is 5.80. The molecule has 1 aliphatic rings. The second kappa shape index (κ2) is 9.21. The Morgan fingerprint density at radius 1 is 1.03 bits per heavy atom. The molecule has 1 aromatic heterocycles. The van der Waals surface area contributed by atoms with Crippen molar-refractivity contribution in [3.63, 3.8) is 0 Å². The largest absolute Gasteiger partial charge is 0.324 e. The number of hydrogen-bond acceptors (Lipinski definition) is 6. The van der Waals surface area contributed by atoms with E-state index in [1.54, 1.807) is 28.9 Å². The maximum Gasteiger partial charge on any atom is 0.270 e. The number of carbonyl (C=O) groups is 1. The van der Waals surface area contributed by atoms with Gasteiger partial charge < -0.3 is 5.32 Å². The molecule has 2 N–H and O–H groups in total. The van der Waals surface area contributed by atoms with Gasteiger partial charge in [-0.15, -0.1) is 5.10 Å². The fraction of sp³-hybridized carbons (Fsp3) is 0.0417. The average molecular weight is 507 g/mol. The number of allylic oxidation sites excluding steroid dienone is 1. The van der Waals surface area contributed by atoms with Crippen LogP contribution < -0.4 is 10.6 Å². The molecule has 3 aromatic carbocycles. The van der Waals surface area contributed by atoms with Crippen LogP contribution in [0.1, 0.15) is 27.5 Å². The van der Waals surface area contributed by atoms with Crippen molar-refractivity contribution in [2.75, 3.05) is 10.6 Å². The Bertz CT molecular complexity index is 1470. The number of hydrogen-bond donors (Lipinski definition) is 2. The van der Waals surface area contributed by atoms with E-state index in [9.17, 15) is 14.9 Å². The highest BCUT2D eigenvalue weighted by Gasteiger charge is 2.26. The van der Waals surface area contributed by atoms with E-state index in [-0.39, 0.29) is 23.2 Å². The van der Waals surface area contributed by atoms with Crippen molar-refractivity contribution in [1.82, 2.24) is 14.8 Å². The quantitative estimate of drug-likeness (QED) is 0.261. The molecule has 1 amide bonds. The van der Waals surface area contributed by atoms with Crippen molar-refractivity contribution in [3.8, 4) is 0 Å². The zero-order chi connectivity index (χ0) is 24.5. The lowest BCUT2D eigenvalue weighted by molar-refractivity contribution is -0.384. The molecule has 0 bridgehead atoms. The SMILES string of the molecule is O=C(Nc1nc2n(n1)[C@H](c1ccc(Cl)cc1)C=C(c1ccc(Cl)cc1)N2)c1cccc([N+](=O)[O-])c1. The first kappa shape index (κ1) is 22.6. The van der Waals surface area contributed by atoms with Crippen molar-refractivity contribution in [1.29, 1.82) is 0 Å². The van der Waals surface area contributed by atoms with E-state index in [0.717, 1.165) is 16.8 Å². The van der Waals surface area contributed by atoms with Crippen LogP contribution in [0.5, 0.6) is 0 Å². The van der Waals surface area contributed by atoms with Gasteiger partial charge in [0.15, 0.2) is 0 Å². The van der Waals surface area contributed by atoms with Gasteiger partial charge in [0, 0.05) is 33.4 Å². The van der Waals surface area contributed by atoms with Crippen molar-refractivity contribution >= 4 is 52.4 Å². The van der Waals surface area contributed by atoms with Gasteiger partial charge in [-0.25, -0.2) is 4.68 Å². The zero-order valence-corrected chi connectivity index (χ0v) is 19.4. The number of amides is 1. The van der Waals surface area contributed by atoms with Gasteiger partial charge in [0.05, 0.1) is 4.92 Å². The third kappa shape index (κ3) is 4.72. The molecule has 35 heavy (non-hydrogen) atoms. The molecule has 0 radical (unpaired) electrons. The average Bonchev–Trinajstić information content (AvgIpc) is 3.27. The van der Waals surface area contributed by atoms with Gasteiger partial charge in [-0.05, 0) is 47.5 Å². The van der Waals surface area contributed by atoms with Crippen LogP contribution in [0.25, 0.3) is 5.70 Å². The minimum atomic E-state index is -0.564. The van der Waals surface area contributed by atoms with Gasteiger partial charge in [0.25, 0.3) is 17.5 Å². The first-order valence-corrected chi connectivity index (χ1v) is 11.2. The van der Waals surface area contributed by atoms with Crippen molar-refractivity contribution in [3.05, 3.63) is 116 Å². The van der Waals surface area contributed by atoms with Gasteiger partial charge >= 0.3 is 0 Å². The van der Waals surface area contributed by atoms with Gasteiger partial charge in [0.1, 0.15) is 6.04 Å². The minimum absolute atomic E-state index is 0.0497. The highest BCUT2D eigenvalue weighted by Crippen LogP contribution is 2.34. The molecule has 2 heterocycles. The molecule has 0 unspecified atom stereocenters. The molecular weight excluding hydrogens is 491 g/mol. The molecule has 0 saturated carbocycles. The second-order valence-electron chi connectivity index (χ2n) is 7.67. The highest BCUT2D eigenvalue weighted by atomic mass is 35.5. The van der Waals surface area contributed by atoms with Crippen molar-refractivity contribution in [2.24, 2.45) is 0 Å². The summed E-state index contributed by atoms with van der Waals surface area (Å²) in [5.74, 6) is -0.106. The topological polar surface area (TPSA) is 115 Å². The number of aromatic nitrogens is 3. The van der Waals surface area contributed by atoms with Gasteiger partial charge in [-0.3, -0.25) is 20.2 Å². The monoisotopic (exact) mass is 506 g/mol. The van der Waals surface area contributed by atoms with E-state index in [4.69, 9.17) is 23.2 Å². The molecule has 0 aliphatic carbocycles. The van der Waals surface area contributed by atoms with E-state index >= 15 is 0 Å². The number of nitro groups is 1. The fourth-order valence-corrected chi connectivity index (χ4v) is 3.93. The minimum Gasteiger partial charge on any atom is -0.324 e. The number of non-ortho nitro benzene ring substituents is 1. The van der Waals surface area contributed by atoms with Crippen LogP contribution in [0.4, 0.5) is 17.6 Å². The third-order valence-corrected chi connectivity index (χ3v) is 5.88. The Balaban J connectivity index is 1.49. The molecule has 174 valence electrons. The van der Waals surface area contributed by atoms with Crippen LogP contribution in [0.2, 0.25) is 10.0 Å². The summed E-state index contributed by atoms with van der Waals surface area (Å²) in [6, 6.07) is 19.8. The van der Waals surface area contributed by atoms with Crippen LogP contribution in [-0.2, 0) is 0 Å². The van der Waals surface area contributed by atoms with Crippen molar-refractivity contribution < 1.29 is 9.72 Å². The molecular formula is C24H16Cl2N6O3. The molecule has 11 heteroatoms. The lowest BCUT2D eigenvalue weighted by Crippen LogP contribution is -2.20. The number of benzene rings is 3. The molecule has 1 atom stereocenters. The van der Waals surface area contributed by atoms with Gasteiger partial charge in [0.2, 0.25) is 5.95 Å². The summed E-state index contributed by atoms with van der Waals surface area (Å²) in [4.78, 5) is 27.6. The highest BCUT2D eigenvalue weighted by molar-refractivity contribution is 6.30. The number of nitro benzene ring substituents is 1. The Labute approximate surface area is 209 Å². The first-order chi connectivity index (χ1) is 16.9. The first-order valence-electron chi connectivity index (χ1n) is 10.4. The van der Waals surface area contributed by atoms with Crippen LogP contribution in [0.15, 0.2) is 78.9 Å². The molecule has 1 aliphatic heterocycles. The van der Waals surface area contributed by atoms with E-state index in [1.165, 1.54) is 24.3 Å². The normalized spacial score (nSPS) is 14.5. The maximum absolute atomic E-state index is 12.7. The van der Waals surface area contributed by atoms with E-state index < -0.39 is 10.8 Å². The number of anilines is 2. The lowest BCUT2D eigenvalue weighted by Gasteiger charge is -2.24. The Hall–Kier alpha value is -4.21. The summed E-state index contributed by atoms with van der Waals surface area (Å²) in [6.07, 6.45) is 1.99. The summed E-state index contributed by atoms with van der Waals surface area (Å²) >= 11 is 12.1. The summed E-state index contributed by atoms with van der Waals surface area (Å²) in [7, 11) is 0. The summed E-state index contributed by atoms with van der Waals surface area (Å²) in [5.41, 5.74) is 2.53. The third-order valence-electron chi connectivity index (χ3n) is 5.38. The number of fused-ring (bicyclic) bond motifs is 1. The maximum atomic E-state index is 12.7. The Morgan fingerprint density at radius 3 is 2.40 bits per heavy atom. The van der Waals surface area contributed by atoms with Gasteiger partial charge in [-0.1, -0.05) is 53.5 Å². The number of nitrogens with zero attached hydrogens (tertiary/aromatic N) is 4. The van der Waals surface area contributed by atoms with E-state index in [0.29, 0.717) is 16.0 Å². The standard InChI is InChI=1S/C24H16Cl2N6O3/c25-17-8-4-14(5-9-17)20-13-21(15-6-10-18(26)11-7-15)31-24(27-20)29-23(30-31)28-22(33)16-2-1-3-19(12-16)32(34)35/h1-13,21H,(H2,27,28,29,30,33)/t21-/m0/s1. The predicted molar refractivity (Wildman–Crippen MR) is 134 cm³/mol. The van der Waals surface area contributed by atoms with Crippen LogP contribution >= 0.6 is 23.2 Å². The Morgan fingerprint density at radius 2 is 1.71 bits per heavy atom. The molecule has 0 saturated heterocycles. The van der Waals surface area contributed by atoms with E-state index in [2.05, 4.69) is 20.7 Å². The fourth-order valence-electron chi connectivity index (χ4n) is 3.68. The van der Waals surface area contributed by atoms with Gasteiger partial charge in [-0.2, -0.15) is 4.98 Å². The number of nitrogens with one attached hydrogen (secondary N) is 2. The molecule has 5 rings (SSSR count). The van der Waals surface area contributed by atoms with Crippen molar-refractivity contribution in [2.45, 2.75) is 6.04 Å². The number of rotatable bonds is 5. The van der Waals surface area contributed by atoms with Crippen LogP contribution in [-0.4, -0.2) is 25.6 Å². The van der Waals surface area contributed by atoms with Crippen LogP contribution in [0.3, 0.4) is 0 Å². The molecule has 0 fully saturated rings. The number of carbonyl (C=O) groups excluding carboxylic acids is 1. The molecule has 9 nitrogen and oxygen atoms in total. The smallest absolute Gasteiger partial charge is 0.270 e. The summed E-state index contributed by atoms with van der Waals surface area (Å²) in [6.45, 7) is 0. The lowest BCUT2D eigenvalue weighted by atomic mass is 10.0.